The second-order valence-electron chi connectivity index (χ2n) is 5.12. The minimum absolute atomic E-state index is 0.0336. The molecule has 3 N–H and O–H groups in total. The lowest BCUT2D eigenvalue weighted by atomic mass is 10.1. The molecule has 2 rings (SSSR count). The molecule has 1 aliphatic carbocycles. The number of hydrogen-bond acceptors (Lipinski definition) is 3. The van der Waals surface area contributed by atoms with Crippen molar-refractivity contribution in [2.24, 2.45) is 11.7 Å². The van der Waals surface area contributed by atoms with Gasteiger partial charge < -0.3 is 15.8 Å². The van der Waals surface area contributed by atoms with Crippen molar-refractivity contribution in [2.75, 3.05) is 13.7 Å². The maximum absolute atomic E-state index is 11.7. The Morgan fingerprint density at radius 2 is 2.21 bits per heavy atom. The van der Waals surface area contributed by atoms with E-state index in [0.717, 1.165) is 17.7 Å². The quantitative estimate of drug-likeness (QED) is 0.782. The molecule has 0 radical (unpaired) electrons. The molecule has 1 atom stereocenters. The number of carbonyl (C=O) groups is 1. The van der Waals surface area contributed by atoms with Gasteiger partial charge in [-0.1, -0.05) is 18.2 Å². The second kappa shape index (κ2) is 6.57. The third-order valence-corrected chi connectivity index (χ3v) is 3.56. The molecule has 1 unspecified atom stereocenters. The van der Waals surface area contributed by atoms with Gasteiger partial charge in [0.05, 0.1) is 7.11 Å². The summed E-state index contributed by atoms with van der Waals surface area (Å²) in [5, 5.41) is 2.92. The highest BCUT2D eigenvalue weighted by Crippen LogP contribution is 2.32. The first-order chi connectivity index (χ1) is 9.20. The fourth-order valence-electron chi connectivity index (χ4n) is 2.22. The van der Waals surface area contributed by atoms with Gasteiger partial charge >= 0.3 is 0 Å². The van der Waals surface area contributed by atoms with E-state index in [1.807, 2.05) is 24.3 Å². The summed E-state index contributed by atoms with van der Waals surface area (Å²) in [6.45, 7) is 0.622. The summed E-state index contributed by atoms with van der Waals surface area (Å²) in [4.78, 5) is 11.7. The summed E-state index contributed by atoms with van der Waals surface area (Å²) in [7, 11) is 1.66. The van der Waals surface area contributed by atoms with Crippen molar-refractivity contribution in [3.8, 4) is 5.75 Å². The standard InChI is InChI=1S/C15H22N2O2/c1-19-14-5-3-2-4-12(14)8-9-17-15(18)10-13(16)11-6-7-11/h2-5,11,13H,6-10,16H2,1H3,(H,17,18). The predicted octanol–water partition coefficient (Wildman–Crippen LogP) is 1.48. The molecule has 4 heteroatoms. The molecular weight excluding hydrogens is 240 g/mol. The Morgan fingerprint density at radius 3 is 2.89 bits per heavy atom. The van der Waals surface area contributed by atoms with Crippen LogP contribution in [0.15, 0.2) is 24.3 Å². The van der Waals surface area contributed by atoms with Crippen molar-refractivity contribution in [1.82, 2.24) is 5.32 Å². The van der Waals surface area contributed by atoms with E-state index in [4.69, 9.17) is 10.5 Å². The Labute approximate surface area is 114 Å². The highest BCUT2D eigenvalue weighted by Gasteiger charge is 2.29. The number of methoxy groups -OCH3 is 1. The zero-order chi connectivity index (χ0) is 13.7. The van der Waals surface area contributed by atoms with Gasteiger partial charge in [0.2, 0.25) is 5.91 Å². The fourth-order valence-corrected chi connectivity index (χ4v) is 2.22. The van der Waals surface area contributed by atoms with Gasteiger partial charge in [0.25, 0.3) is 0 Å². The first kappa shape index (κ1) is 13.9. The van der Waals surface area contributed by atoms with Crippen LogP contribution in [-0.2, 0) is 11.2 Å². The smallest absolute Gasteiger partial charge is 0.221 e. The number of benzene rings is 1. The Bertz CT molecular complexity index is 430. The van der Waals surface area contributed by atoms with Gasteiger partial charge in [-0.25, -0.2) is 0 Å². The van der Waals surface area contributed by atoms with E-state index in [9.17, 15) is 4.79 Å². The number of nitrogens with one attached hydrogen (secondary N) is 1. The van der Waals surface area contributed by atoms with Crippen LogP contribution in [0.1, 0.15) is 24.8 Å². The average Bonchev–Trinajstić information content (AvgIpc) is 3.23. The lowest BCUT2D eigenvalue weighted by molar-refractivity contribution is -0.121. The Balaban J connectivity index is 1.71. The molecule has 1 amide bonds. The lowest BCUT2D eigenvalue weighted by Gasteiger charge is -2.11. The van der Waals surface area contributed by atoms with Crippen LogP contribution in [0.3, 0.4) is 0 Å². The van der Waals surface area contributed by atoms with E-state index in [2.05, 4.69) is 5.32 Å². The summed E-state index contributed by atoms with van der Waals surface area (Å²) < 4.78 is 5.27. The number of para-hydroxylation sites is 1. The molecule has 0 aromatic heterocycles. The number of hydrogen-bond donors (Lipinski definition) is 2. The maximum Gasteiger partial charge on any atom is 0.221 e. The van der Waals surface area contributed by atoms with Crippen LogP contribution >= 0.6 is 0 Å². The molecule has 1 aliphatic rings. The SMILES string of the molecule is COc1ccccc1CCNC(=O)CC(N)C1CC1. The van der Waals surface area contributed by atoms with Gasteiger partial charge in [0.15, 0.2) is 0 Å². The highest BCUT2D eigenvalue weighted by molar-refractivity contribution is 5.76. The van der Waals surface area contributed by atoms with Crippen molar-refractivity contribution in [2.45, 2.75) is 31.7 Å². The molecule has 1 fully saturated rings. The first-order valence-electron chi connectivity index (χ1n) is 6.85. The van der Waals surface area contributed by atoms with E-state index >= 15 is 0 Å². The third kappa shape index (κ3) is 4.24. The predicted molar refractivity (Wildman–Crippen MR) is 75.0 cm³/mol. The van der Waals surface area contributed by atoms with Crippen molar-refractivity contribution in [3.05, 3.63) is 29.8 Å². The summed E-state index contributed by atoms with van der Waals surface area (Å²) in [6.07, 6.45) is 3.57. The zero-order valence-corrected chi connectivity index (χ0v) is 11.4. The monoisotopic (exact) mass is 262 g/mol. The summed E-state index contributed by atoms with van der Waals surface area (Å²) in [5.74, 6) is 1.49. The second-order valence-corrected chi connectivity index (χ2v) is 5.12. The fraction of sp³-hybridized carbons (Fsp3) is 0.533. The average molecular weight is 262 g/mol. The van der Waals surface area contributed by atoms with Crippen molar-refractivity contribution < 1.29 is 9.53 Å². The molecule has 0 bridgehead atoms. The van der Waals surface area contributed by atoms with Gasteiger partial charge in [0, 0.05) is 19.0 Å². The van der Waals surface area contributed by atoms with Gasteiger partial charge in [-0.05, 0) is 36.8 Å². The zero-order valence-electron chi connectivity index (χ0n) is 11.4. The van der Waals surface area contributed by atoms with Crippen LogP contribution in [0.2, 0.25) is 0 Å². The largest absolute Gasteiger partial charge is 0.496 e. The minimum Gasteiger partial charge on any atom is -0.496 e. The van der Waals surface area contributed by atoms with Crippen molar-refractivity contribution in [1.29, 1.82) is 0 Å². The third-order valence-electron chi connectivity index (χ3n) is 3.56. The lowest BCUT2D eigenvalue weighted by Crippen LogP contribution is -2.33. The van der Waals surface area contributed by atoms with Crippen molar-refractivity contribution >= 4 is 5.91 Å². The Hall–Kier alpha value is -1.55. The van der Waals surface area contributed by atoms with Gasteiger partial charge in [0.1, 0.15) is 5.75 Å². The van der Waals surface area contributed by atoms with Crippen LogP contribution in [0, 0.1) is 5.92 Å². The topological polar surface area (TPSA) is 64.3 Å². The first-order valence-corrected chi connectivity index (χ1v) is 6.85. The van der Waals surface area contributed by atoms with E-state index in [1.54, 1.807) is 7.11 Å². The number of amides is 1. The number of ether oxygens (including phenoxy) is 1. The number of rotatable bonds is 7. The molecule has 0 spiro atoms. The van der Waals surface area contributed by atoms with Crippen LogP contribution < -0.4 is 15.8 Å². The molecular formula is C15H22N2O2. The van der Waals surface area contributed by atoms with Gasteiger partial charge in [-0.2, -0.15) is 0 Å². The molecule has 1 saturated carbocycles. The van der Waals surface area contributed by atoms with Crippen LogP contribution in [0.5, 0.6) is 5.75 Å². The maximum atomic E-state index is 11.7. The molecule has 1 aromatic rings. The van der Waals surface area contributed by atoms with E-state index < -0.39 is 0 Å². The molecule has 0 heterocycles. The number of carbonyl (C=O) groups excluding carboxylic acids is 1. The molecule has 0 saturated heterocycles. The summed E-state index contributed by atoms with van der Waals surface area (Å²) in [6, 6.07) is 7.89. The normalized spacial score (nSPS) is 15.9. The van der Waals surface area contributed by atoms with Gasteiger partial charge in [-0.3, -0.25) is 4.79 Å². The molecule has 4 nitrogen and oxygen atoms in total. The Kier molecular flexibility index (Phi) is 4.80. The molecule has 19 heavy (non-hydrogen) atoms. The number of nitrogens with two attached hydrogens (primary N) is 1. The van der Waals surface area contributed by atoms with Gasteiger partial charge in [-0.15, -0.1) is 0 Å². The van der Waals surface area contributed by atoms with Crippen LogP contribution in [-0.4, -0.2) is 25.6 Å². The molecule has 0 aliphatic heterocycles. The molecule has 104 valence electrons. The van der Waals surface area contributed by atoms with Crippen LogP contribution in [0.4, 0.5) is 0 Å². The van der Waals surface area contributed by atoms with E-state index in [1.165, 1.54) is 12.8 Å². The Morgan fingerprint density at radius 1 is 1.47 bits per heavy atom. The summed E-state index contributed by atoms with van der Waals surface area (Å²) in [5.41, 5.74) is 7.04. The van der Waals surface area contributed by atoms with E-state index in [0.29, 0.717) is 18.9 Å². The highest BCUT2D eigenvalue weighted by atomic mass is 16.5. The molecule has 1 aromatic carbocycles. The van der Waals surface area contributed by atoms with Crippen molar-refractivity contribution in [3.63, 3.8) is 0 Å². The van der Waals surface area contributed by atoms with Crippen LogP contribution in [0.25, 0.3) is 0 Å². The van der Waals surface area contributed by atoms with E-state index in [-0.39, 0.29) is 11.9 Å². The summed E-state index contributed by atoms with van der Waals surface area (Å²) >= 11 is 0. The minimum atomic E-state index is 0.0336.